The molecule has 1 rings (SSSR count). The summed E-state index contributed by atoms with van der Waals surface area (Å²) < 4.78 is 0. The van der Waals surface area contributed by atoms with Gasteiger partial charge in [-0.2, -0.15) is 0 Å². The SMILES string of the molecule is CC#CCCN(CCC)CC1CCCCN1. The van der Waals surface area contributed by atoms with Crippen LogP contribution in [0.5, 0.6) is 0 Å². The molecular weight excluding hydrogens is 196 g/mol. The average Bonchev–Trinajstić information content (AvgIpc) is 2.31. The summed E-state index contributed by atoms with van der Waals surface area (Å²) in [6.45, 7) is 8.94. The molecule has 2 heteroatoms. The number of rotatable bonds is 6. The molecule has 0 saturated carbocycles. The fourth-order valence-corrected chi connectivity index (χ4v) is 2.34. The molecule has 0 radical (unpaired) electrons. The van der Waals surface area contributed by atoms with Crippen LogP contribution in [0.2, 0.25) is 0 Å². The molecule has 92 valence electrons. The van der Waals surface area contributed by atoms with Crippen molar-refractivity contribution in [2.75, 3.05) is 26.2 Å². The zero-order chi connectivity index (χ0) is 11.6. The van der Waals surface area contributed by atoms with Crippen LogP contribution in [0.3, 0.4) is 0 Å². The predicted octanol–water partition coefficient (Wildman–Crippen LogP) is 2.25. The molecule has 16 heavy (non-hydrogen) atoms. The molecule has 1 saturated heterocycles. The van der Waals surface area contributed by atoms with E-state index >= 15 is 0 Å². The average molecular weight is 222 g/mol. The molecule has 1 atom stereocenters. The van der Waals surface area contributed by atoms with Crippen LogP contribution in [0.4, 0.5) is 0 Å². The van der Waals surface area contributed by atoms with E-state index in [0.717, 1.165) is 19.0 Å². The van der Waals surface area contributed by atoms with Crippen molar-refractivity contribution >= 4 is 0 Å². The lowest BCUT2D eigenvalue weighted by Gasteiger charge is -2.30. The first-order valence-corrected chi connectivity index (χ1v) is 6.72. The summed E-state index contributed by atoms with van der Waals surface area (Å²) in [5, 5.41) is 3.62. The standard InChI is InChI=1S/C14H26N2/c1-3-5-8-12-16(11-4-2)13-14-9-6-7-10-15-14/h14-15H,4,6-13H2,1-2H3. The van der Waals surface area contributed by atoms with Crippen LogP contribution in [0, 0.1) is 11.8 Å². The minimum Gasteiger partial charge on any atom is -0.313 e. The molecule has 1 heterocycles. The molecule has 0 bridgehead atoms. The number of piperidine rings is 1. The van der Waals surface area contributed by atoms with Gasteiger partial charge in [0.1, 0.15) is 0 Å². The van der Waals surface area contributed by atoms with Crippen LogP contribution in [0.1, 0.15) is 46.0 Å². The van der Waals surface area contributed by atoms with Gasteiger partial charge in [-0.1, -0.05) is 13.3 Å². The summed E-state index contributed by atoms with van der Waals surface area (Å²) in [6.07, 6.45) is 6.35. The second kappa shape index (κ2) is 8.61. The van der Waals surface area contributed by atoms with Crippen molar-refractivity contribution in [3.8, 4) is 11.8 Å². The van der Waals surface area contributed by atoms with Crippen LogP contribution in [-0.2, 0) is 0 Å². The minimum atomic E-state index is 0.717. The van der Waals surface area contributed by atoms with E-state index < -0.39 is 0 Å². The number of nitrogens with zero attached hydrogens (tertiary/aromatic N) is 1. The Morgan fingerprint density at radius 3 is 2.81 bits per heavy atom. The number of hydrogen-bond acceptors (Lipinski definition) is 2. The van der Waals surface area contributed by atoms with Crippen molar-refractivity contribution in [1.29, 1.82) is 0 Å². The number of nitrogens with one attached hydrogen (secondary N) is 1. The molecule has 0 aromatic carbocycles. The monoisotopic (exact) mass is 222 g/mol. The molecule has 1 aliphatic heterocycles. The van der Waals surface area contributed by atoms with Gasteiger partial charge in [-0.25, -0.2) is 0 Å². The van der Waals surface area contributed by atoms with Crippen LogP contribution >= 0.6 is 0 Å². The highest BCUT2D eigenvalue weighted by Crippen LogP contribution is 2.09. The van der Waals surface area contributed by atoms with E-state index in [4.69, 9.17) is 0 Å². The first-order chi connectivity index (χ1) is 7.86. The molecule has 0 amide bonds. The Morgan fingerprint density at radius 2 is 2.19 bits per heavy atom. The van der Waals surface area contributed by atoms with Gasteiger partial charge in [0, 0.05) is 25.6 Å². The molecule has 0 spiro atoms. The van der Waals surface area contributed by atoms with Gasteiger partial charge < -0.3 is 10.2 Å². The van der Waals surface area contributed by atoms with Crippen LogP contribution in [0.15, 0.2) is 0 Å². The quantitative estimate of drug-likeness (QED) is 0.694. The normalized spacial score (nSPS) is 20.6. The summed E-state index contributed by atoms with van der Waals surface area (Å²) >= 11 is 0. The van der Waals surface area contributed by atoms with Gasteiger partial charge in [-0.05, 0) is 39.3 Å². The Kier molecular flexibility index (Phi) is 7.29. The van der Waals surface area contributed by atoms with Crippen molar-refractivity contribution in [1.82, 2.24) is 10.2 Å². The second-order valence-electron chi connectivity index (χ2n) is 4.62. The molecule has 2 nitrogen and oxygen atoms in total. The van der Waals surface area contributed by atoms with Crippen molar-refractivity contribution in [2.24, 2.45) is 0 Å². The smallest absolute Gasteiger partial charge is 0.0216 e. The van der Waals surface area contributed by atoms with Gasteiger partial charge >= 0.3 is 0 Å². The Hall–Kier alpha value is -0.520. The fourth-order valence-electron chi connectivity index (χ4n) is 2.34. The van der Waals surface area contributed by atoms with Crippen molar-refractivity contribution < 1.29 is 0 Å². The van der Waals surface area contributed by atoms with Gasteiger partial charge in [0.25, 0.3) is 0 Å². The summed E-state index contributed by atoms with van der Waals surface area (Å²) in [5.41, 5.74) is 0. The van der Waals surface area contributed by atoms with Gasteiger partial charge in [0.15, 0.2) is 0 Å². The molecule has 1 aliphatic rings. The topological polar surface area (TPSA) is 15.3 Å². The van der Waals surface area contributed by atoms with E-state index in [0.29, 0.717) is 0 Å². The molecule has 1 unspecified atom stereocenters. The molecule has 1 N–H and O–H groups in total. The van der Waals surface area contributed by atoms with Crippen LogP contribution in [0.25, 0.3) is 0 Å². The van der Waals surface area contributed by atoms with E-state index in [9.17, 15) is 0 Å². The van der Waals surface area contributed by atoms with Crippen molar-refractivity contribution in [3.05, 3.63) is 0 Å². The Bertz CT molecular complexity index is 221. The lowest BCUT2D eigenvalue weighted by Crippen LogP contribution is -2.44. The van der Waals surface area contributed by atoms with Crippen LogP contribution in [-0.4, -0.2) is 37.1 Å². The van der Waals surface area contributed by atoms with Crippen molar-refractivity contribution in [3.63, 3.8) is 0 Å². The van der Waals surface area contributed by atoms with Gasteiger partial charge in [0.2, 0.25) is 0 Å². The lowest BCUT2D eigenvalue weighted by molar-refractivity contribution is 0.228. The Balaban J connectivity index is 2.26. The molecule has 0 aromatic heterocycles. The Morgan fingerprint density at radius 1 is 1.31 bits per heavy atom. The summed E-state index contributed by atoms with van der Waals surface area (Å²) in [6, 6.07) is 0.717. The summed E-state index contributed by atoms with van der Waals surface area (Å²) in [4.78, 5) is 2.56. The maximum atomic E-state index is 3.62. The zero-order valence-electron chi connectivity index (χ0n) is 10.9. The van der Waals surface area contributed by atoms with Gasteiger partial charge in [-0.15, -0.1) is 11.8 Å². The van der Waals surface area contributed by atoms with Gasteiger partial charge in [0.05, 0.1) is 0 Å². The molecule has 0 aromatic rings. The third-order valence-corrected chi connectivity index (χ3v) is 3.16. The first kappa shape index (κ1) is 13.5. The summed E-state index contributed by atoms with van der Waals surface area (Å²) in [7, 11) is 0. The van der Waals surface area contributed by atoms with E-state index in [2.05, 4.69) is 29.0 Å². The predicted molar refractivity (Wildman–Crippen MR) is 70.4 cm³/mol. The van der Waals surface area contributed by atoms with Crippen molar-refractivity contribution in [2.45, 2.75) is 52.0 Å². The highest BCUT2D eigenvalue weighted by molar-refractivity contribution is 4.95. The fraction of sp³-hybridized carbons (Fsp3) is 0.857. The number of hydrogen-bond donors (Lipinski definition) is 1. The molecular formula is C14H26N2. The highest BCUT2D eigenvalue weighted by Gasteiger charge is 2.15. The summed E-state index contributed by atoms with van der Waals surface area (Å²) in [5.74, 6) is 6.14. The third kappa shape index (κ3) is 5.53. The largest absolute Gasteiger partial charge is 0.313 e. The van der Waals surface area contributed by atoms with E-state index in [-0.39, 0.29) is 0 Å². The Labute approximate surface area is 101 Å². The van der Waals surface area contributed by atoms with E-state index in [1.54, 1.807) is 0 Å². The van der Waals surface area contributed by atoms with Gasteiger partial charge in [-0.3, -0.25) is 0 Å². The zero-order valence-corrected chi connectivity index (χ0v) is 10.9. The maximum absolute atomic E-state index is 3.62. The lowest BCUT2D eigenvalue weighted by atomic mass is 10.0. The molecule has 0 aliphatic carbocycles. The third-order valence-electron chi connectivity index (χ3n) is 3.16. The molecule has 1 fully saturated rings. The van der Waals surface area contributed by atoms with Crippen LogP contribution < -0.4 is 5.32 Å². The second-order valence-corrected chi connectivity index (χ2v) is 4.62. The van der Waals surface area contributed by atoms with E-state index in [1.807, 2.05) is 6.92 Å². The maximum Gasteiger partial charge on any atom is 0.0216 e. The highest BCUT2D eigenvalue weighted by atomic mass is 15.1. The minimum absolute atomic E-state index is 0.717. The van der Waals surface area contributed by atoms with E-state index in [1.165, 1.54) is 45.3 Å². The first-order valence-electron chi connectivity index (χ1n) is 6.72.